The van der Waals surface area contributed by atoms with E-state index >= 15 is 0 Å². The number of nitrogens with one attached hydrogen (secondary N) is 4. The van der Waals surface area contributed by atoms with Crippen LogP contribution in [0.5, 0.6) is 0 Å². The van der Waals surface area contributed by atoms with Crippen molar-refractivity contribution in [3.63, 3.8) is 0 Å². The smallest absolute Gasteiger partial charge is 0.320 e. The number of benzene rings is 1. The fourth-order valence-electron chi connectivity index (χ4n) is 9.75. The summed E-state index contributed by atoms with van der Waals surface area (Å²) in [5, 5.41) is 38.4. The van der Waals surface area contributed by atoms with Crippen LogP contribution in [0.4, 0.5) is 0 Å². The van der Waals surface area contributed by atoms with Crippen LogP contribution in [0.1, 0.15) is 224 Å². The van der Waals surface area contributed by atoms with Gasteiger partial charge in [0.25, 0.3) is 17.7 Å². The van der Waals surface area contributed by atoms with E-state index in [1.54, 1.807) is 18.2 Å². The molecular weight excluding hydrogens is 1110 g/mol. The third kappa shape index (κ3) is 47.2. The minimum Gasteiger partial charge on any atom is -0.480 e. The van der Waals surface area contributed by atoms with Gasteiger partial charge in [0.05, 0.1) is 106 Å². The largest absolute Gasteiger partial charge is 0.480 e. The van der Waals surface area contributed by atoms with Gasteiger partial charge in [-0.15, -0.1) is 0 Å². The number of ether oxygens (including phenoxy) is 9. The number of hydrogen-bond acceptors (Lipinski definition) is 17. The molecule has 0 bridgehead atoms. The molecule has 86 heavy (non-hydrogen) atoms. The van der Waals surface area contributed by atoms with E-state index in [0.29, 0.717) is 143 Å². The molecule has 0 aliphatic carbocycles. The van der Waals surface area contributed by atoms with E-state index in [1.807, 2.05) is 0 Å². The van der Waals surface area contributed by atoms with E-state index in [0.717, 1.165) is 142 Å². The first-order valence-electron chi connectivity index (χ1n) is 33.2. The van der Waals surface area contributed by atoms with E-state index in [1.165, 1.54) is 51.4 Å². The van der Waals surface area contributed by atoms with Gasteiger partial charge in [-0.3, -0.25) is 24.0 Å². The van der Waals surface area contributed by atoms with Crippen molar-refractivity contribution in [1.29, 1.82) is 0 Å². The van der Waals surface area contributed by atoms with Crippen molar-refractivity contribution in [3.05, 3.63) is 34.9 Å². The molecule has 2 rings (SSSR count). The van der Waals surface area contributed by atoms with E-state index < -0.39 is 12.0 Å². The van der Waals surface area contributed by atoms with Crippen LogP contribution >= 0.6 is 0 Å². The molecule has 0 radical (unpaired) electrons. The molecule has 21 heteroatoms. The second-order valence-electron chi connectivity index (χ2n) is 22.2. The molecule has 0 saturated carbocycles. The van der Waals surface area contributed by atoms with Gasteiger partial charge in [0.2, 0.25) is 0 Å². The third-order valence-corrected chi connectivity index (χ3v) is 14.7. The van der Waals surface area contributed by atoms with Crippen molar-refractivity contribution < 1.29 is 81.9 Å². The summed E-state index contributed by atoms with van der Waals surface area (Å²) in [5.74, 6) is -2.11. The Morgan fingerprint density at radius 2 is 0.640 bits per heavy atom. The minimum atomic E-state index is -0.926. The summed E-state index contributed by atoms with van der Waals surface area (Å²) in [6.07, 6.45) is 30.2. The van der Waals surface area contributed by atoms with Gasteiger partial charge in [0, 0.05) is 68.9 Å². The molecule has 0 unspecified atom stereocenters. The number of unbranched alkanes of at least 4 members (excludes halogenated alkanes) is 25. The molecule has 21 nitrogen and oxygen atoms in total. The van der Waals surface area contributed by atoms with Gasteiger partial charge < -0.3 is 79.2 Å². The van der Waals surface area contributed by atoms with Crippen molar-refractivity contribution in [2.45, 2.75) is 205 Å². The SMILES string of the molecule is O=C(CCCCCCCCCCNC(=O)c1cc(C(=O)NCCCCCCCCCCCCOCCOCCOCCOCCO)cc(C(=O)NCCCCCCCCCCCCOCCOCCOCCOCCO)c1)O[C@H]1CN[C@H](C(=O)O)C1. The van der Waals surface area contributed by atoms with Crippen molar-refractivity contribution in [3.8, 4) is 0 Å². The number of carboxylic acid groups (broad SMARTS) is 1. The molecule has 1 saturated heterocycles. The molecule has 1 aliphatic heterocycles. The third-order valence-electron chi connectivity index (χ3n) is 14.7. The Hall–Kier alpha value is -3.87. The molecule has 1 aromatic rings. The Morgan fingerprint density at radius 3 is 0.930 bits per heavy atom. The van der Waals surface area contributed by atoms with Gasteiger partial charge in [0.1, 0.15) is 12.1 Å². The lowest BCUT2D eigenvalue weighted by molar-refractivity contribution is -0.149. The van der Waals surface area contributed by atoms with Crippen LogP contribution in [0.15, 0.2) is 18.2 Å². The van der Waals surface area contributed by atoms with Crippen LogP contribution in [0.2, 0.25) is 0 Å². The fourth-order valence-corrected chi connectivity index (χ4v) is 9.75. The predicted octanol–water partition coefficient (Wildman–Crippen LogP) is 8.66. The van der Waals surface area contributed by atoms with Crippen LogP contribution in [0.25, 0.3) is 0 Å². The van der Waals surface area contributed by atoms with Gasteiger partial charge in [-0.2, -0.15) is 0 Å². The first-order chi connectivity index (χ1) is 42.2. The highest BCUT2D eigenvalue weighted by molar-refractivity contribution is 6.04. The second kappa shape index (κ2) is 58.8. The molecule has 2 atom stereocenters. The summed E-state index contributed by atoms with van der Waals surface area (Å²) in [6.45, 7) is 10.4. The van der Waals surface area contributed by atoms with Crippen molar-refractivity contribution in [2.75, 3.05) is 145 Å². The number of aliphatic hydroxyl groups excluding tert-OH is 2. The second-order valence-corrected chi connectivity index (χ2v) is 22.2. The number of aliphatic hydroxyl groups is 2. The lowest BCUT2D eigenvalue weighted by Crippen LogP contribution is -2.30. The van der Waals surface area contributed by atoms with E-state index in [-0.39, 0.29) is 48.6 Å². The standard InChI is InChI=1S/C65H116N4O17/c70-33-37-80-41-45-84-49-47-82-43-39-78-35-27-21-15-9-3-1-6-12-18-24-30-66-62(73)56-51-57(63(74)67-31-25-19-13-7-2-4-10-16-22-28-36-79-40-44-83-48-50-85-46-42-81-38-34-71)53-58(52-56)64(75)68-32-26-20-14-8-5-11-17-23-29-61(72)86-59-54-60(65(76)77)69-55-59/h51-53,59-60,69-71H,1-50,54-55H2,(H,66,73)(H,67,74)(H,68,75)(H,76,77)/t59-,60+/m1/s1. The molecule has 3 amide bonds. The number of aliphatic carboxylic acids is 1. The lowest BCUT2D eigenvalue weighted by Gasteiger charge is -2.12. The van der Waals surface area contributed by atoms with Crippen LogP contribution in [0, 0.1) is 0 Å². The molecule has 0 spiro atoms. The topological polar surface area (TPSA) is 277 Å². The van der Waals surface area contributed by atoms with Crippen molar-refractivity contribution >= 4 is 29.7 Å². The first kappa shape index (κ1) is 78.2. The number of carboxylic acids is 1. The van der Waals surface area contributed by atoms with Gasteiger partial charge in [-0.1, -0.05) is 141 Å². The highest BCUT2D eigenvalue weighted by atomic mass is 16.6. The summed E-state index contributed by atoms with van der Waals surface area (Å²) in [4.78, 5) is 63.8. The molecule has 1 aliphatic rings. The lowest BCUT2D eigenvalue weighted by atomic mass is 10.0. The van der Waals surface area contributed by atoms with E-state index in [4.69, 9.17) is 58.0 Å². The van der Waals surface area contributed by atoms with Gasteiger partial charge in [-0.25, -0.2) is 0 Å². The molecular formula is C65H116N4O17. The monoisotopic (exact) mass is 1220 g/mol. The number of carbonyl (C=O) groups is 5. The Morgan fingerprint density at radius 1 is 0.372 bits per heavy atom. The Balaban J connectivity index is 1.63. The van der Waals surface area contributed by atoms with Crippen LogP contribution in [-0.4, -0.2) is 202 Å². The number of carbonyl (C=O) groups excluding carboxylic acids is 4. The maximum absolute atomic E-state index is 13.5. The summed E-state index contributed by atoms with van der Waals surface area (Å²) in [5.41, 5.74) is 0.874. The molecule has 498 valence electrons. The highest BCUT2D eigenvalue weighted by Crippen LogP contribution is 2.17. The molecule has 1 aromatic carbocycles. The molecule has 1 heterocycles. The number of esters is 1. The summed E-state index contributed by atoms with van der Waals surface area (Å²) in [6, 6.07) is 4.10. The molecule has 0 aromatic heterocycles. The van der Waals surface area contributed by atoms with Crippen LogP contribution in [0.3, 0.4) is 0 Å². The van der Waals surface area contributed by atoms with Crippen molar-refractivity contribution in [2.24, 2.45) is 0 Å². The fraction of sp³-hybridized carbons (Fsp3) is 0.831. The predicted molar refractivity (Wildman–Crippen MR) is 332 cm³/mol. The Labute approximate surface area is 515 Å². The quantitative estimate of drug-likeness (QED) is 0.0237. The molecule has 1 fully saturated rings. The normalized spacial score (nSPS) is 14.0. The maximum atomic E-state index is 13.5. The zero-order valence-electron chi connectivity index (χ0n) is 52.7. The number of hydrogen-bond donors (Lipinski definition) is 7. The maximum Gasteiger partial charge on any atom is 0.320 e. The van der Waals surface area contributed by atoms with Gasteiger partial charge in [0.15, 0.2) is 0 Å². The summed E-state index contributed by atoms with van der Waals surface area (Å²) in [7, 11) is 0. The Bertz CT molecular complexity index is 1720. The Kier molecular flexibility index (Phi) is 53.5. The average molecular weight is 1230 g/mol. The van der Waals surface area contributed by atoms with E-state index in [9.17, 15) is 24.0 Å². The first-order valence-corrected chi connectivity index (χ1v) is 33.2. The van der Waals surface area contributed by atoms with Gasteiger partial charge in [-0.05, 0) is 56.7 Å². The zero-order chi connectivity index (χ0) is 61.9. The van der Waals surface area contributed by atoms with E-state index in [2.05, 4.69) is 21.3 Å². The zero-order valence-corrected chi connectivity index (χ0v) is 52.7. The highest BCUT2D eigenvalue weighted by Gasteiger charge is 2.31. The number of amides is 3. The molecule has 7 N–H and O–H groups in total. The van der Waals surface area contributed by atoms with Crippen LogP contribution in [-0.2, 0) is 52.2 Å². The van der Waals surface area contributed by atoms with Crippen LogP contribution < -0.4 is 21.3 Å². The minimum absolute atomic E-state index is 0.0191. The van der Waals surface area contributed by atoms with Crippen molar-refractivity contribution in [1.82, 2.24) is 21.3 Å². The van der Waals surface area contributed by atoms with Gasteiger partial charge >= 0.3 is 11.9 Å². The summed E-state index contributed by atoms with van der Waals surface area (Å²) >= 11 is 0. The summed E-state index contributed by atoms with van der Waals surface area (Å²) < 4.78 is 48.9. The number of rotatable bonds is 64. The average Bonchev–Trinajstić information content (AvgIpc) is 4.13.